The number of hydrogen-bond acceptors (Lipinski definition) is 1. The van der Waals surface area contributed by atoms with Crippen LogP contribution in [-0.4, -0.2) is 7.11 Å². The predicted octanol–water partition coefficient (Wildman–Crippen LogP) is 5.87. The minimum atomic E-state index is 0.870. The van der Waals surface area contributed by atoms with Gasteiger partial charge in [0.2, 0.25) is 0 Å². The SMILES string of the molecule is COc1ccc([C](c2ccccc2)c2cccc3ccccc23)cc1. The third-order valence-corrected chi connectivity index (χ3v) is 4.50. The Labute approximate surface area is 148 Å². The molecule has 4 aromatic rings. The smallest absolute Gasteiger partial charge is 0.118 e. The lowest BCUT2D eigenvalue weighted by Gasteiger charge is -2.20. The third kappa shape index (κ3) is 3.01. The van der Waals surface area contributed by atoms with Crippen LogP contribution in [0.4, 0.5) is 0 Å². The monoisotopic (exact) mass is 323 g/mol. The van der Waals surface area contributed by atoms with Crippen LogP contribution in [0.2, 0.25) is 0 Å². The minimum Gasteiger partial charge on any atom is -0.497 e. The van der Waals surface area contributed by atoms with Gasteiger partial charge in [0.15, 0.2) is 0 Å². The van der Waals surface area contributed by atoms with E-state index in [1.807, 2.05) is 12.1 Å². The Morgan fingerprint density at radius 1 is 0.600 bits per heavy atom. The highest BCUT2D eigenvalue weighted by molar-refractivity contribution is 5.89. The van der Waals surface area contributed by atoms with Gasteiger partial charge in [-0.05, 0) is 39.6 Å². The Kier molecular flexibility index (Phi) is 4.22. The van der Waals surface area contributed by atoms with Crippen LogP contribution in [0.15, 0.2) is 97.1 Å². The summed E-state index contributed by atoms with van der Waals surface area (Å²) in [5, 5.41) is 2.52. The van der Waals surface area contributed by atoms with Gasteiger partial charge < -0.3 is 4.74 Å². The van der Waals surface area contributed by atoms with Crippen LogP contribution in [0.25, 0.3) is 10.8 Å². The molecule has 1 radical (unpaired) electrons. The summed E-state index contributed by atoms with van der Waals surface area (Å²) in [5.74, 6) is 2.11. The molecule has 0 aliphatic rings. The van der Waals surface area contributed by atoms with Crippen molar-refractivity contribution in [3.05, 3.63) is 120 Å². The van der Waals surface area contributed by atoms with Gasteiger partial charge in [-0.1, -0.05) is 84.9 Å². The number of fused-ring (bicyclic) bond motifs is 1. The summed E-state index contributed by atoms with van der Waals surface area (Å²) in [4.78, 5) is 0. The minimum absolute atomic E-state index is 0.870. The first-order chi connectivity index (χ1) is 12.4. The summed E-state index contributed by atoms with van der Waals surface area (Å²) < 4.78 is 5.32. The third-order valence-electron chi connectivity index (χ3n) is 4.50. The van der Waals surface area contributed by atoms with Crippen LogP contribution in [0.5, 0.6) is 5.75 Å². The van der Waals surface area contributed by atoms with E-state index in [2.05, 4.69) is 84.9 Å². The molecule has 0 bridgehead atoms. The molecule has 0 saturated heterocycles. The van der Waals surface area contributed by atoms with Gasteiger partial charge >= 0.3 is 0 Å². The van der Waals surface area contributed by atoms with E-state index in [9.17, 15) is 0 Å². The lowest BCUT2D eigenvalue weighted by molar-refractivity contribution is 0.414. The molecule has 121 valence electrons. The average molecular weight is 323 g/mol. The quantitative estimate of drug-likeness (QED) is 0.427. The van der Waals surface area contributed by atoms with E-state index in [-0.39, 0.29) is 0 Å². The van der Waals surface area contributed by atoms with E-state index in [4.69, 9.17) is 4.74 Å². The fraction of sp³-hybridized carbons (Fsp3) is 0.0417. The van der Waals surface area contributed by atoms with Gasteiger partial charge in [0.05, 0.1) is 13.0 Å². The summed E-state index contributed by atoms with van der Waals surface area (Å²) in [7, 11) is 1.70. The second-order valence-corrected chi connectivity index (χ2v) is 6.00. The lowest BCUT2D eigenvalue weighted by Crippen LogP contribution is -2.05. The van der Waals surface area contributed by atoms with Crippen molar-refractivity contribution in [3.63, 3.8) is 0 Å². The largest absolute Gasteiger partial charge is 0.497 e. The maximum atomic E-state index is 5.32. The van der Waals surface area contributed by atoms with Crippen molar-refractivity contribution >= 4 is 10.8 Å². The molecule has 4 rings (SSSR count). The van der Waals surface area contributed by atoms with Crippen LogP contribution >= 0.6 is 0 Å². The highest BCUT2D eigenvalue weighted by Crippen LogP contribution is 2.35. The summed E-state index contributed by atoms with van der Waals surface area (Å²) in [6.45, 7) is 0. The van der Waals surface area contributed by atoms with Crippen LogP contribution in [0.3, 0.4) is 0 Å². The first kappa shape index (κ1) is 15.5. The van der Waals surface area contributed by atoms with Crippen molar-refractivity contribution in [3.8, 4) is 5.75 Å². The van der Waals surface area contributed by atoms with E-state index in [1.54, 1.807) is 7.11 Å². The standard InChI is InChI=1S/C24H19O/c1-25-21-16-14-20(15-17-21)24(19-9-3-2-4-10-19)23-13-7-11-18-8-5-6-12-22(18)23/h2-17H,1H3. The van der Waals surface area contributed by atoms with Gasteiger partial charge in [-0.2, -0.15) is 0 Å². The molecule has 0 saturated carbocycles. The van der Waals surface area contributed by atoms with E-state index in [1.165, 1.54) is 33.4 Å². The molecular weight excluding hydrogens is 304 g/mol. The van der Waals surface area contributed by atoms with Crippen LogP contribution in [0.1, 0.15) is 16.7 Å². The zero-order valence-corrected chi connectivity index (χ0v) is 14.1. The van der Waals surface area contributed by atoms with Crippen LogP contribution < -0.4 is 4.74 Å². The topological polar surface area (TPSA) is 9.23 Å². The van der Waals surface area contributed by atoms with Gasteiger partial charge in [-0.15, -0.1) is 0 Å². The molecule has 0 aromatic heterocycles. The Morgan fingerprint density at radius 2 is 1.24 bits per heavy atom. The molecule has 0 N–H and O–H groups in total. The maximum absolute atomic E-state index is 5.32. The van der Waals surface area contributed by atoms with Crippen molar-refractivity contribution < 1.29 is 4.74 Å². The number of ether oxygens (including phenoxy) is 1. The summed E-state index contributed by atoms with van der Waals surface area (Å²) in [6, 6.07) is 33.9. The number of benzene rings is 4. The van der Waals surface area contributed by atoms with Crippen molar-refractivity contribution in [1.29, 1.82) is 0 Å². The normalized spacial score (nSPS) is 11.0. The van der Waals surface area contributed by atoms with Gasteiger partial charge in [-0.3, -0.25) is 0 Å². The highest BCUT2D eigenvalue weighted by Gasteiger charge is 2.19. The fourth-order valence-electron chi connectivity index (χ4n) is 3.28. The lowest BCUT2D eigenvalue weighted by atomic mass is 9.83. The van der Waals surface area contributed by atoms with Crippen LogP contribution in [-0.2, 0) is 0 Å². The first-order valence-corrected chi connectivity index (χ1v) is 8.42. The zero-order valence-electron chi connectivity index (χ0n) is 14.1. The molecule has 0 unspecified atom stereocenters. The average Bonchev–Trinajstić information content (AvgIpc) is 2.70. The summed E-state index contributed by atoms with van der Waals surface area (Å²) >= 11 is 0. The second kappa shape index (κ2) is 6.82. The molecule has 4 aromatic carbocycles. The summed E-state index contributed by atoms with van der Waals surface area (Å²) in [6.07, 6.45) is 0. The molecule has 0 atom stereocenters. The van der Waals surface area contributed by atoms with Gasteiger partial charge in [0.1, 0.15) is 5.75 Å². The highest BCUT2D eigenvalue weighted by atomic mass is 16.5. The Morgan fingerprint density at radius 3 is 2.00 bits per heavy atom. The zero-order chi connectivity index (χ0) is 17.1. The first-order valence-electron chi connectivity index (χ1n) is 8.42. The molecule has 1 nitrogen and oxygen atoms in total. The molecular formula is C24H19O. The Bertz CT molecular complexity index is 966. The molecule has 25 heavy (non-hydrogen) atoms. The Hall–Kier alpha value is -3.06. The van der Waals surface area contributed by atoms with Crippen molar-refractivity contribution in [2.24, 2.45) is 0 Å². The van der Waals surface area contributed by atoms with Gasteiger partial charge in [0, 0.05) is 0 Å². The molecule has 1 heteroatoms. The fourth-order valence-corrected chi connectivity index (χ4v) is 3.28. The molecule has 0 heterocycles. The molecule has 0 fully saturated rings. The van der Waals surface area contributed by atoms with E-state index in [0.717, 1.165) is 5.75 Å². The number of rotatable bonds is 4. The van der Waals surface area contributed by atoms with E-state index < -0.39 is 0 Å². The van der Waals surface area contributed by atoms with E-state index >= 15 is 0 Å². The van der Waals surface area contributed by atoms with Crippen molar-refractivity contribution in [2.45, 2.75) is 0 Å². The Balaban J connectivity index is 1.93. The number of methoxy groups -OCH3 is 1. The molecule has 0 amide bonds. The maximum Gasteiger partial charge on any atom is 0.118 e. The molecule has 0 aliphatic heterocycles. The summed E-state index contributed by atoms with van der Waals surface area (Å²) in [5.41, 5.74) is 3.64. The van der Waals surface area contributed by atoms with Crippen molar-refractivity contribution in [2.75, 3.05) is 7.11 Å². The number of hydrogen-bond donors (Lipinski definition) is 0. The second-order valence-electron chi connectivity index (χ2n) is 6.00. The predicted molar refractivity (Wildman–Crippen MR) is 104 cm³/mol. The van der Waals surface area contributed by atoms with Gasteiger partial charge in [-0.25, -0.2) is 0 Å². The van der Waals surface area contributed by atoms with Gasteiger partial charge in [0.25, 0.3) is 0 Å². The molecule has 0 spiro atoms. The van der Waals surface area contributed by atoms with Crippen LogP contribution in [0, 0.1) is 5.92 Å². The van der Waals surface area contributed by atoms with E-state index in [0.29, 0.717) is 0 Å². The van der Waals surface area contributed by atoms with Crippen molar-refractivity contribution in [1.82, 2.24) is 0 Å². The molecule has 0 aliphatic carbocycles.